The minimum atomic E-state index is -4.11. The van der Waals surface area contributed by atoms with E-state index in [1.54, 1.807) is 4.57 Å². The summed E-state index contributed by atoms with van der Waals surface area (Å²) in [5.74, 6) is -0.379. The SMILES string of the molecule is COC1C(OP(O)(=S)OCC2=C(O)C[C@H](n3cnc4c(N)ncnc43)O2)=C(CO)O[C@H]1n1ccc(=O)[nH]c1=O. The van der Waals surface area contributed by atoms with Gasteiger partial charge in [-0.3, -0.25) is 23.4 Å². The molecule has 5 rings (SSSR count). The number of rotatable bonds is 9. The molecular weight excluding hydrogens is 561 g/mol. The van der Waals surface area contributed by atoms with Crippen molar-refractivity contribution in [2.45, 2.75) is 25.0 Å². The average molecular weight is 583 g/mol. The first-order valence-corrected chi connectivity index (χ1v) is 13.7. The molecular formula is C20H22N7O10PS. The van der Waals surface area contributed by atoms with Gasteiger partial charge in [0.15, 0.2) is 41.1 Å². The second-order valence-corrected chi connectivity index (χ2v) is 11.0. The molecule has 0 bridgehead atoms. The Balaban J connectivity index is 1.28. The normalized spacial score (nSPS) is 22.7. The zero-order valence-electron chi connectivity index (χ0n) is 20.0. The van der Waals surface area contributed by atoms with Gasteiger partial charge in [0.1, 0.15) is 37.1 Å². The highest BCUT2D eigenvalue weighted by Gasteiger charge is 2.43. The Morgan fingerprint density at radius 2 is 2.05 bits per heavy atom. The van der Waals surface area contributed by atoms with E-state index in [1.165, 1.54) is 26.0 Å². The monoisotopic (exact) mass is 583 g/mol. The van der Waals surface area contributed by atoms with Crippen molar-refractivity contribution in [2.75, 3.05) is 26.1 Å². The second-order valence-electron chi connectivity index (χ2n) is 8.19. The van der Waals surface area contributed by atoms with Crippen LogP contribution in [0.2, 0.25) is 0 Å². The molecule has 4 atom stereocenters. The first kappa shape index (κ1) is 26.8. The predicted molar refractivity (Wildman–Crippen MR) is 134 cm³/mol. The molecule has 17 nitrogen and oxygen atoms in total. The number of hydrogen-bond acceptors (Lipinski definition) is 14. The van der Waals surface area contributed by atoms with Crippen molar-refractivity contribution in [3.05, 3.63) is 68.8 Å². The molecule has 0 spiro atoms. The number of aromatic amines is 1. The maximum atomic E-state index is 12.3. The summed E-state index contributed by atoms with van der Waals surface area (Å²) in [4.78, 5) is 48.7. The smallest absolute Gasteiger partial charge is 0.378 e. The number of nitrogens with one attached hydrogen (secondary N) is 1. The third-order valence-corrected chi connectivity index (χ3v) is 7.24. The summed E-state index contributed by atoms with van der Waals surface area (Å²) in [6, 6.07) is 1.10. The van der Waals surface area contributed by atoms with Crippen molar-refractivity contribution in [3.63, 3.8) is 0 Å². The van der Waals surface area contributed by atoms with E-state index in [0.29, 0.717) is 11.2 Å². The lowest BCUT2D eigenvalue weighted by Gasteiger charge is -2.23. The quantitative estimate of drug-likeness (QED) is 0.203. The summed E-state index contributed by atoms with van der Waals surface area (Å²) in [5.41, 5.74) is 5.15. The first-order chi connectivity index (χ1) is 18.6. The molecule has 0 radical (unpaired) electrons. The Kier molecular flexibility index (Phi) is 7.15. The molecule has 2 unspecified atom stereocenters. The summed E-state index contributed by atoms with van der Waals surface area (Å²) < 4.78 is 30.2. The molecule has 2 aliphatic heterocycles. The lowest BCUT2D eigenvalue weighted by atomic mass is 10.2. The van der Waals surface area contributed by atoms with Crippen LogP contribution in [0.15, 0.2) is 57.5 Å². The number of fused-ring (bicyclic) bond motifs is 1. The number of methoxy groups -OCH3 is 1. The molecule has 0 saturated heterocycles. The summed E-state index contributed by atoms with van der Waals surface area (Å²) in [6.45, 7) is -5.27. The number of imidazole rings is 1. The van der Waals surface area contributed by atoms with Gasteiger partial charge < -0.3 is 39.6 Å². The number of aliphatic hydroxyl groups is 2. The number of aromatic nitrogens is 6. The van der Waals surface area contributed by atoms with E-state index in [-0.39, 0.29) is 35.3 Å². The molecule has 0 aromatic carbocycles. The first-order valence-electron chi connectivity index (χ1n) is 11.1. The summed E-state index contributed by atoms with van der Waals surface area (Å²) in [6.07, 6.45) is 0.843. The van der Waals surface area contributed by atoms with Crippen LogP contribution in [-0.4, -0.2) is 70.6 Å². The van der Waals surface area contributed by atoms with Crippen LogP contribution in [0.1, 0.15) is 18.9 Å². The number of anilines is 1. The largest absolute Gasteiger partial charge is 0.508 e. The third kappa shape index (κ3) is 5.12. The Morgan fingerprint density at radius 3 is 2.77 bits per heavy atom. The van der Waals surface area contributed by atoms with Gasteiger partial charge in [0.2, 0.25) is 6.23 Å². The molecule has 0 aliphatic carbocycles. The van der Waals surface area contributed by atoms with E-state index >= 15 is 0 Å². The fourth-order valence-corrected chi connectivity index (χ4v) is 5.21. The van der Waals surface area contributed by atoms with E-state index < -0.39 is 49.7 Å². The molecule has 0 fully saturated rings. The van der Waals surface area contributed by atoms with Crippen molar-refractivity contribution in [2.24, 2.45) is 0 Å². The molecule has 2 aliphatic rings. The molecule has 0 saturated carbocycles. The number of aliphatic hydroxyl groups excluding tert-OH is 2. The van der Waals surface area contributed by atoms with Crippen molar-refractivity contribution in [3.8, 4) is 0 Å². The van der Waals surface area contributed by atoms with Gasteiger partial charge in [-0.1, -0.05) is 0 Å². The van der Waals surface area contributed by atoms with Crippen LogP contribution in [0.4, 0.5) is 5.82 Å². The summed E-state index contributed by atoms with van der Waals surface area (Å²) >= 11 is 5.11. The maximum Gasteiger partial charge on any atom is 0.378 e. The Morgan fingerprint density at radius 1 is 1.26 bits per heavy atom. The van der Waals surface area contributed by atoms with Gasteiger partial charge in [-0.2, -0.15) is 0 Å². The van der Waals surface area contributed by atoms with Crippen LogP contribution in [-0.2, 0) is 35.1 Å². The van der Waals surface area contributed by atoms with Crippen molar-refractivity contribution < 1.29 is 38.4 Å². The molecule has 39 heavy (non-hydrogen) atoms. The fraction of sp³-hybridized carbons (Fsp3) is 0.350. The van der Waals surface area contributed by atoms with Crippen LogP contribution >= 0.6 is 6.72 Å². The summed E-state index contributed by atoms with van der Waals surface area (Å²) in [7, 11) is 1.27. The van der Waals surface area contributed by atoms with Gasteiger partial charge in [-0.15, -0.1) is 0 Å². The van der Waals surface area contributed by atoms with E-state index in [9.17, 15) is 24.7 Å². The molecule has 208 valence electrons. The van der Waals surface area contributed by atoms with Gasteiger partial charge in [-0.25, -0.2) is 19.7 Å². The van der Waals surface area contributed by atoms with Crippen molar-refractivity contribution in [1.82, 2.24) is 29.1 Å². The molecule has 3 aromatic rings. The van der Waals surface area contributed by atoms with Gasteiger partial charge in [0.25, 0.3) is 5.56 Å². The van der Waals surface area contributed by atoms with Gasteiger partial charge >= 0.3 is 12.4 Å². The van der Waals surface area contributed by atoms with Crippen LogP contribution in [0.3, 0.4) is 0 Å². The van der Waals surface area contributed by atoms with E-state index in [1.807, 2.05) is 0 Å². The lowest BCUT2D eigenvalue weighted by molar-refractivity contribution is -0.0370. The van der Waals surface area contributed by atoms with Crippen LogP contribution < -0.4 is 17.0 Å². The fourth-order valence-electron chi connectivity index (χ4n) is 4.02. The predicted octanol–water partition coefficient (Wildman–Crippen LogP) is -0.355. The molecule has 3 aromatic heterocycles. The van der Waals surface area contributed by atoms with Gasteiger partial charge in [0.05, 0.1) is 6.42 Å². The number of nitrogens with two attached hydrogens (primary N) is 1. The third-order valence-electron chi connectivity index (χ3n) is 5.82. The topological polar surface area (TPSA) is 231 Å². The lowest BCUT2D eigenvalue weighted by Crippen LogP contribution is -2.36. The van der Waals surface area contributed by atoms with Crippen LogP contribution in [0.25, 0.3) is 11.2 Å². The Bertz CT molecular complexity index is 1650. The van der Waals surface area contributed by atoms with Gasteiger partial charge in [-0.05, 0) is 0 Å². The van der Waals surface area contributed by atoms with Crippen LogP contribution in [0.5, 0.6) is 0 Å². The highest BCUT2D eigenvalue weighted by atomic mass is 32.5. The highest BCUT2D eigenvalue weighted by Crippen LogP contribution is 2.51. The molecule has 6 N–H and O–H groups in total. The number of nitrogen functional groups attached to an aromatic ring is 1. The van der Waals surface area contributed by atoms with E-state index in [2.05, 4.69) is 19.9 Å². The minimum Gasteiger partial charge on any atom is -0.508 e. The number of ether oxygens (including phenoxy) is 3. The maximum absolute atomic E-state index is 12.3. The van der Waals surface area contributed by atoms with Crippen molar-refractivity contribution >= 4 is 35.5 Å². The number of nitrogens with zero attached hydrogens (tertiary/aromatic N) is 5. The minimum absolute atomic E-state index is 0.0178. The second kappa shape index (κ2) is 10.4. The molecule has 19 heteroatoms. The van der Waals surface area contributed by atoms with Crippen LogP contribution in [0, 0.1) is 0 Å². The number of H-pyrrole nitrogens is 1. The Hall–Kier alpha value is -3.80. The average Bonchev–Trinajstić information content (AvgIpc) is 3.58. The zero-order valence-corrected chi connectivity index (χ0v) is 21.7. The summed E-state index contributed by atoms with van der Waals surface area (Å²) in [5, 5.41) is 20.2. The van der Waals surface area contributed by atoms with E-state index in [0.717, 1.165) is 10.6 Å². The molecule has 5 heterocycles. The van der Waals surface area contributed by atoms with Crippen molar-refractivity contribution in [1.29, 1.82) is 0 Å². The highest BCUT2D eigenvalue weighted by molar-refractivity contribution is 8.07. The molecule has 0 amide bonds. The number of hydrogen-bond donors (Lipinski definition) is 5. The Labute approximate surface area is 223 Å². The standard InChI is InChI=1S/C20H22N7O10PS/c1-33-16-15(10(5-28)36-19(16)26-3-2-12(30)25-20(26)31)37-38(32,39)34-6-11-9(29)4-13(35-11)27-8-24-14-17(21)22-7-23-18(14)27/h2-3,7-8,13,16,19,28-29H,4-6H2,1H3,(H,32,39)(H2,21,22,23)(H,25,30,31)/t13-,16?,19-,38?/m1/s1. The van der Waals surface area contributed by atoms with Gasteiger partial charge in [0, 0.05) is 31.2 Å². The van der Waals surface area contributed by atoms with E-state index in [4.69, 9.17) is 40.8 Å². The zero-order chi connectivity index (χ0) is 27.9.